The van der Waals surface area contributed by atoms with Crippen LogP contribution in [-0.2, 0) is 6.42 Å². The van der Waals surface area contributed by atoms with E-state index in [1.165, 1.54) is 18.5 Å². The molecule has 3 rings (SSSR count). The van der Waals surface area contributed by atoms with Gasteiger partial charge < -0.3 is 10.6 Å². The standard InChI is InChI=1S/C15H17F3N4/c16-15(17,18)8-10-1-2-12-13(7-10)20-9-21-14(12)22-11-3-5-19-6-4-11/h1-2,7,9,11,19H,3-6,8H2,(H,20,21,22). The normalized spacial score (nSPS) is 16.9. The molecule has 1 aliphatic heterocycles. The highest BCUT2D eigenvalue weighted by Crippen LogP contribution is 2.26. The maximum absolute atomic E-state index is 12.5. The van der Waals surface area contributed by atoms with Gasteiger partial charge in [-0.2, -0.15) is 13.2 Å². The highest BCUT2D eigenvalue weighted by Gasteiger charge is 2.27. The van der Waals surface area contributed by atoms with Crippen LogP contribution in [0.25, 0.3) is 10.9 Å². The molecule has 2 aromatic rings. The number of aromatic nitrogens is 2. The van der Waals surface area contributed by atoms with E-state index < -0.39 is 12.6 Å². The van der Waals surface area contributed by atoms with E-state index in [-0.39, 0.29) is 5.56 Å². The Morgan fingerprint density at radius 1 is 1.18 bits per heavy atom. The van der Waals surface area contributed by atoms with Crippen molar-refractivity contribution in [2.45, 2.75) is 31.5 Å². The molecule has 0 amide bonds. The van der Waals surface area contributed by atoms with Crippen LogP contribution in [0.4, 0.5) is 19.0 Å². The van der Waals surface area contributed by atoms with Crippen LogP contribution in [0.15, 0.2) is 24.5 Å². The quantitative estimate of drug-likeness (QED) is 0.915. The zero-order valence-corrected chi connectivity index (χ0v) is 12.0. The Bertz CT molecular complexity index is 651. The predicted molar refractivity (Wildman–Crippen MR) is 78.8 cm³/mol. The van der Waals surface area contributed by atoms with Crippen LogP contribution >= 0.6 is 0 Å². The summed E-state index contributed by atoms with van der Waals surface area (Å²) in [6.45, 7) is 1.91. The van der Waals surface area contributed by atoms with Crippen molar-refractivity contribution in [3.8, 4) is 0 Å². The number of alkyl halides is 3. The second-order valence-electron chi connectivity index (χ2n) is 5.53. The number of nitrogens with zero attached hydrogens (tertiary/aromatic N) is 2. The van der Waals surface area contributed by atoms with E-state index >= 15 is 0 Å². The fourth-order valence-corrected chi connectivity index (χ4v) is 2.72. The third-order valence-corrected chi connectivity index (χ3v) is 3.79. The Hall–Kier alpha value is -1.89. The van der Waals surface area contributed by atoms with Crippen LogP contribution in [0.5, 0.6) is 0 Å². The lowest BCUT2D eigenvalue weighted by Crippen LogP contribution is -2.35. The summed E-state index contributed by atoms with van der Waals surface area (Å²) in [5.41, 5.74) is 0.750. The molecule has 0 saturated carbocycles. The molecule has 7 heteroatoms. The van der Waals surface area contributed by atoms with Gasteiger partial charge in [0.2, 0.25) is 0 Å². The first kappa shape index (κ1) is 15.0. The largest absolute Gasteiger partial charge is 0.393 e. The molecular weight excluding hydrogens is 293 g/mol. The Morgan fingerprint density at radius 3 is 2.68 bits per heavy atom. The number of anilines is 1. The molecule has 4 nitrogen and oxygen atoms in total. The monoisotopic (exact) mass is 310 g/mol. The average molecular weight is 310 g/mol. The van der Waals surface area contributed by atoms with E-state index in [2.05, 4.69) is 20.6 Å². The molecule has 0 bridgehead atoms. The molecule has 1 saturated heterocycles. The highest BCUT2D eigenvalue weighted by molar-refractivity contribution is 5.89. The first-order chi connectivity index (χ1) is 10.5. The van der Waals surface area contributed by atoms with Crippen molar-refractivity contribution in [3.63, 3.8) is 0 Å². The molecule has 0 aliphatic carbocycles. The SMILES string of the molecule is FC(F)(F)Cc1ccc2c(NC3CCNCC3)ncnc2c1. The molecule has 22 heavy (non-hydrogen) atoms. The number of rotatable bonds is 3. The Labute approximate surface area is 126 Å². The molecule has 0 atom stereocenters. The molecule has 1 aromatic carbocycles. The van der Waals surface area contributed by atoms with E-state index in [1.807, 2.05) is 0 Å². The third kappa shape index (κ3) is 3.65. The molecule has 0 radical (unpaired) electrons. The van der Waals surface area contributed by atoms with E-state index in [4.69, 9.17) is 0 Å². The van der Waals surface area contributed by atoms with Gasteiger partial charge in [-0.3, -0.25) is 0 Å². The van der Waals surface area contributed by atoms with Gasteiger partial charge in [-0.05, 0) is 43.6 Å². The second-order valence-corrected chi connectivity index (χ2v) is 5.53. The molecule has 118 valence electrons. The first-order valence-electron chi connectivity index (χ1n) is 7.29. The van der Waals surface area contributed by atoms with Gasteiger partial charge in [0.05, 0.1) is 11.9 Å². The van der Waals surface area contributed by atoms with E-state index in [9.17, 15) is 13.2 Å². The summed E-state index contributed by atoms with van der Waals surface area (Å²) >= 11 is 0. The van der Waals surface area contributed by atoms with Gasteiger partial charge in [-0.1, -0.05) is 6.07 Å². The molecule has 2 heterocycles. The average Bonchev–Trinajstić information content (AvgIpc) is 2.47. The summed E-state index contributed by atoms with van der Waals surface area (Å²) in [6.07, 6.45) is -1.76. The molecule has 1 aliphatic rings. The van der Waals surface area contributed by atoms with Crippen LogP contribution in [-0.4, -0.2) is 35.3 Å². The minimum atomic E-state index is -4.21. The summed E-state index contributed by atoms with van der Waals surface area (Å²) in [5.74, 6) is 0.690. The second kappa shape index (κ2) is 6.08. The van der Waals surface area contributed by atoms with Gasteiger partial charge in [0, 0.05) is 11.4 Å². The fourth-order valence-electron chi connectivity index (χ4n) is 2.72. The minimum Gasteiger partial charge on any atom is -0.367 e. The summed E-state index contributed by atoms with van der Waals surface area (Å²) in [4.78, 5) is 8.34. The maximum Gasteiger partial charge on any atom is 0.393 e. The van der Waals surface area contributed by atoms with Gasteiger partial charge in [0.1, 0.15) is 12.1 Å². The molecular formula is C15H17F3N4. The number of halogens is 3. The Morgan fingerprint density at radius 2 is 1.95 bits per heavy atom. The number of fused-ring (bicyclic) bond motifs is 1. The van der Waals surface area contributed by atoms with Crippen molar-refractivity contribution in [1.29, 1.82) is 0 Å². The summed E-state index contributed by atoms with van der Waals surface area (Å²) in [7, 11) is 0. The van der Waals surface area contributed by atoms with E-state index in [0.717, 1.165) is 31.3 Å². The number of hydrogen-bond acceptors (Lipinski definition) is 4. The van der Waals surface area contributed by atoms with Crippen LogP contribution in [0, 0.1) is 0 Å². The van der Waals surface area contributed by atoms with Gasteiger partial charge in [0.15, 0.2) is 0 Å². The van der Waals surface area contributed by atoms with Gasteiger partial charge in [-0.25, -0.2) is 9.97 Å². The van der Waals surface area contributed by atoms with Crippen LogP contribution in [0.2, 0.25) is 0 Å². The predicted octanol–water partition coefficient (Wildman–Crippen LogP) is 2.90. The number of hydrogen-bond donors (Lipinski definition) is 2. The van der Waals surface area contributed by atoms with Gasteiger partial charge in [0.25, 0.3) is 0 Å². The molecule has 0 spiro atoms. The van der Waals surface area contributed by atoms with Crippen molar-refractivity contribution < 1.29 is 13.2 Å². The highest BCUT2D eigenvalue weighted by atomic mass is 19.4. The molecule has 2 N–H and O–H groups in total. The van der Waals surface area contributed by atoms with Crippen molar-refractivity contribution in [2.24, 2.45) is 0 Å². The van der Waals surface area contributed by atoms with Crippen molar-refractivity contribution in [1.82, 2.24) is 15.3 Å². The number of benzene rings is 1. The van der Waals surface area contributed by atoms with Crippen LogP contribution in [0.1, 0.15) is 18.4 Å². The molecule has 1 aromatic heterocycles. The minimum absolute atomic E-state index is 0.214. The summed E-state index contributed by atoms with van der Waals surface area (Å²) < 4.78 is 37.4. The van der Waals surface area contributed by atoms with Crippen LogP contribution in [0.3, 0.4) is 0 Å². The summed E-state index contributed by atoms with van der Waals surface area (Å²) in [6, 6.07) is 4.97. The lowest BCUT2D eigenvalue weighted by molar-refractivity contribution is -0.127. The zero-order valence-electron chi connectivity index (χ0n) is 12.0. The van der Waals surface area contributed by atoms with Gasteiger partial charge >= 0.3 is 6.18 Å². The Balaban J connectivity index is 1.85. The fraction of sp³-hybridized carbons (Fsp3) is 0.467. The van der Waals surface area contributed by atoms with E-state index in [0.29, 0.717) is 17.4 Å². The smallest absolute Gasteiger partial charge is 0.367 e. The first-order valence-corrected chi connectivity index (χ1v) is 7.29. The van der Waals surface area contributed by atoms with Crippen molar-refractivity contribution in [3.05, 3.63) is 30.1 Å². The lowest BCUT2D eigenvalue weighted by atomic mass is 10.1. The zero-order chi connectivity index (χ0) is 15.6. The molecule has 0 unspecified atom stereocenters. The lowest BCUT2D eigenvalue weighted by Gasteiger charge is -2.24. The number of piperidine rings is 1. The third-order valence-electron chi connectivity index (χ3n) is 3.79. The number of nitrogens with one attached hydrogen (secondary N) is 2. The van der Waals surface area contributed by atoms with Crippen molar-refractivity contribution in [2.75, 3.05) is 18.4 Å². The topological polar surface area (TPSA) is 49.8 Å². The Kier molecular flexibility index (Phi) is 4.15. The molecule has 1 fully saturated rings. The van der Waals surface area contributed by atoms with Gasteiger partial charge in [-0.15, -0.1) is 0 Å². The summed E-state index contributed by atoms with van der Waals surface area (Å²) in [5, 5.41) is 7.42. The van der Waals surface area contributed by atoms with Crippen LogP contribution < -0.4 is 10.6 Å². The van der Waals surface area contributed by atoms with Crippen molar-refractivity contribution >= 4 is 16.7 Å². The maximum atomic E-state index is 12.5. The van der Waals surface area contributed by atoms with E-state index in [1.54, 1.807) is 6.07 Å².